The van der Waals surface area contributed by atoms with Gasteiger partial charge in [0.15, 0.2) is 0 Å². The van der Waals surface area contributed by atoms with Crippen LogP contribution in [0.2, 0.25) is 10.0 Å². The zero-order valence-electron chi connectivity index (χ0n) is 11.4. The molecule has 0 fully saturated rings. The van der Waals surface area contributed by atoms with Crippen molar-refractivity contribution in [2.24, 2.45) is 5.84 Å². The average molecular weight is 390 g/mol. The highest BCUT2D eigenvalue weighted by Gasteiger charge is 2.19. The maximum absolute atomic E-state index is 6.25. The van der Waals surface area contributed by atoms with Gasteiger partial charge in [-0.3, -0.25) is 11.3 Å². The minimum absolute atomic E-state index is 0.214. The standard InChI is InChI=1S/C15H15BrCl2N2O/c1-21-14-6-5-10(16)7-9(14)8-13(20-19)15-11(17)3-2-4-12(15)18/h2-7,13,20H,8,19H2,1H3. The third-order valence-electron chi connectivity index (χ3n) is 3.22. The number of methoxy groups -OCH3 is 1. The summed E-state index contributed by atoms with van der Waals surface area (Å²) in [6.07, 6.45) is 0.600. The van der Waals surface area contributed by atoms with Gasteiger partial charge in [0.1, 0.15) is 5.75 Å². The second-order valence-corrected chi connectivity index (χ2v) is 6.24. The van der Waals surface area contributed by atoms with E-state index in [-0.39, 0.29) is 6.04 Å². The Balaban J connectivity index is 2.38. The van der Waals surface area contributed by atoms with Gasteiger partial charge in [-0.25, -0.2) is 0 Å². The fraction of sp³-hybridized carbons (Fsp3) is 0.200. The van der Waals surface area contributed by atoms with E-state index in [2.05, 4.69) is 21.4 Å². The van der Waals surface area contributed by atoms with Crippen LogP contribution in [0.15, 0.2) is 40.9 Å². The predicted molar refractivity (Wildman–Crippen MR) is 90.9 cm³/mol. The Labute approximate surface area is 142 Å². The molecule has 6 heteroatoms. The summed E-state index contributed by atoms with van der Waals surface area (Å²) in [5.41, 5.74) is 4.57. The fourth-order valence-electron chi connectivity index (χ4n) is 2.21. The molecule has 0 bridgehead atoms. The Hall–Kier alpha value is -0.780. The van der Waals surface area contributed by atoms with Gasteiger partial charge < -0.3 is 4.74 Å². The number of nitrogens with two attached hydrogens (primary N) is 1. The summed E-state index contributed by atoms with van der Waals surface area (Å²) in [6.45, 7) is 0. The van der Waals surface area contributed by atoms with Gasteiger partial charge in [-0.05, 0) is 42.3 Å². The molecule has 2 aromatic rings. The van der Waals surface area contributed by atoms with Crippen LogP contribution in [0.1, 0.15) is 17.2 Å². The molecule has 112 valence electrons. The maximum atomic E-state index is 6.25. The monoisotopic (exact) mass is 388 g/mol. The van der Waals surface area contributed by atoms with Crippen LogP contribution in [0.25, 0.3) is 0 Å². The van der Waals surface area contributed by atoms with Crippen molar-refractivity contribution >= 4 is 39.1 Å². The van der Waals surface area contributed by atoms with Gasteiger partial charge in [-0.15, -0.1) is 0 Å². The van der Waals surface area contributed by atoms with Crippen molar-refractivity contribution in [3.63, 3.8) is 0 Å². The van der Waals surface area contributed by atoms with Gasteiger partial charge in [-0.1, -0.05) is 45.2 Å². The Morgan fingerprint density at radius 2 is 1.90 bits per heavy atom. The summed E-state index contributed by atoms with van der Waals surface area (Å²) in [4.78, 5) is 0. The zero-order chi connectivity index (χ0) is 15.4. The molecular weight excluding hydrogens is 375 g/mol. The minimum atomic E-state index is -0.214. The fourth-order valence-corrected chi connectivity index (χ4v) is 3.28. The number of halogens is 3. The molecule has 0 spiro atoms. The lowest BCUT2D eigenvalue weighted by Gasteiger charge is -2.20. The number of rotatable bonds is 5. The molecule has 2 rings (SSSR count). The van der Waals surface area contributed by atoms with Crippen LogP contribution in [0.3, 0.4) is 0 Å². The minimum Gasteiger partial charge on any atom is -0.496 e. The quantitative estimate of drug-likeness (QED) is 0.584. The summed E-state index contributed by atoms with van der Waals surface area (Å²) >= 11 is 16.0. The summed E-state index contributed by atoms with van der Waals surface area (Å²) in [6, 6.07) is 11.0. The van der Waals surface area contributed by atoms with Gasteiger partial charge >= 0.3 is 0 Å². The number of hydrogen-bond acceptors (Lipinski definition) is 3. The van der Waals surface area contributed by atoms with E-state index in [4.69, 9.17) is 33.8 Å². The first-order chi connectivity index (χ1) is 10.1. The largest absolute Gasteiger partial charge is 0.496 e. The third-order valence-corrected chi connectivity index (χ3v) is 4.37. The molecule has 1 atom stereocenters. The van der Waals surface area contributed by atoms with Crippen LogP contribution in [-0.2, 0) is 6.42 Å². The lowest BCUT2D eigenvalue weighted by molar-refractivity contribution is 0.405. The molecule has 0 aliphatic rings. The third kappa shape index (κ3) is 3.90. The first-order valence-corrected chi connectivity index (χ1v) is 7.84. The van der Waals surface area contributed by atoms with Gasteiger partial charge in [0.25, 0.3) is 0 Å². The van der Waals surface area contributed by atoms with E-state index >= 15 is 0 Å². The van der Waals surface area contributed by atoms with E-state index in [1.807, 2.05) is 18.2 Å². The molecule has 0 aromatic heterocycles. The Morgan fingerprint density at radius 1 is 1.24 bits per heavy atom. The predicted octanol–water partition coefficient (Wildman–Crippen LogP) is 4.51. The lowest BCUT2D eigenvalue weighted by atomic mass is 9.98. The molecule has 0 saturated heterocycles. The average Bonchev–Trinajstić information content (AvgIpc) is 2.46. The molecule has 0 aliphatic heterocycles. The smallest absolute Gasteiger partial charge is 0.122 e. The lowest BCUT2D eigenvalue weighted by Crippen LogP contribution is -2.30. The highest BCUT2D eigenvalue weighted by molar-refractivity contribution is 9.10. The van der Waals surface area contributed by atoms with Gasteiger partial charge in [0.05, 0.1) is 13.2 Å². The van der Waals surface area contributed by atoms with Crippen molar-refractivity contribution in [3.05, 3.63) is 62.0 Å². The first kappa shape index (κ1) is 16.6. The topological polar surface area (TPSA) is 47.3 Å². The molecule has 0 amide bonds. The molecular formula is C15H15BrCl2N2O. The molecule has 3 N–H and O–H groups in total. The van der Waals surface area contributed by atoms with Crippen molar-refractivity contribution in [1.82, 2.24) is 5.43 Å². The summed E-state index contributed by atoms with van der Waals surface area (Å²) < 4.78 is 6.36. The summed E-state index contributed by atoms with van der Waals surface area (Å²) in [7, 11) is 1.64. The van der Waals surface area contributed by atoms with Crippen LogP contribution in [0, 0.1) is 0 Å². The van der Waals surface area contributed by atoms with E-state index in [1.54, 1.807) is 25.3 Å². The van der Waals surface area contributed by atoms with Crippen LogP contribution in [0.5, 0.6) is 5.75 Å². The van der Waals surface area contributed by atoms with Crippen molar-refractivity contribution < 1.29 is 4.74 Å². The second-order valence-electron chi connectivity index (χ2n) is 4.51. The maximum Gasteiger partial charge on any atom is 0.122 e. The Kier molecular flexibility index (Phi) is 5.90. The van der Waals surface area contributed by atoms with Crippen molar-refractivity contribution in [3.8, 4) is 5.75 Å². The number of hydrazine groups is 1. The summed E-state index contributed by atoms with van der Waals surface area (Å²) in [5, 5.41) is 1.17. The zero-order valence-corrected chi connectivity index (χ0v) is 14.5. The molecule has 0 heterocycles. The van der Waals surface area contributed by atoms with Crippen LogP contribution < -0.4 is 16.0 Å². The molecule has 0 radical (unpaired) electrons. The highest BCUT2D eigenvalue weighted by atomic mass is 79.9. The number of nitrogens with one attached hydrogen (secondary N) is 1. The molecule has 0 aliphatic carbocycles. The van der Waals surface area contributed by atoms with E-state index in [0.29, 0.717) is 16.5 Å². The van der Waals surface area contributed by atoms with Crippen LogP contribution >= 0.6 is 39.1 Å². The molecule has 0 saturated carbocycles. The normalized spacial score (nSPS) is 12.2. The molecule has 3 nitrogen and oxygen atoms in total. The number of hydrogen-bond donors (Lipinski definition) is 2. The Morgan fingerprint density at radius 3 is 2.48 bits per heavy atom. The van der Waals surface area contributed by atoms with Crippen LogP contribution in [-0.4, -0.2) is 7.11 Å². The number of benzene rings is 2. The van der Waals surface area contributed by atoms with Gasteiger partial charge in [-0.2, -0.15) is 0 Å². The Bertz CT molecular complexity index is 617. The molecule has 1 unspecified atom stereocenters. The van der Waals surface area contributed by atoms with Crippen molar-refractivity contribution in [2.45, 2.75) is 12.5 Å². The van der Waals surface area contributed by atoms with E-state index < -0.39 is 0 Å². The summed E-state index contributed by atoms with van der Waals surface area (Å²) in [5.74, 6) is 6.49. The van der Waals surface area contributed by atoms with Crippen molar-refractivity contribution in [1.29, 1.82) is 0 Å². The van der Waals surface area contributed by atoms with Gasteiger partial charge in [0.2, 0.25) is 0 Å². The van der Waals surface area contributed by atoms with E-state index in [1.165, 1.54) is 0 Å². The second kappa shape index (κ2) is 7.47. The first-order valence-electron chi connectivity index (χ1n) is 6.29. The van der Waals surface area contributed by atoms with E-state index in [9.17, 15) is 0 Å². The highest BCUT2D eigenvalue weighted by Crippen LogP contribution is 2.34. The van der Waals surface area contributed by atoms with E-state index in [0.717, 1.165) is 21.3 Å². The van der Waals surface area contributed by atoms with Gasteiger partial charge in [0, 0.05) is 20.1 Å². The van der Waals surface area contributed by atoms with Crippen molar-refractivity contribution in [2.75, 3.05) is 7.11 Å². The molecule has 21 heavy (non-hydrogen) atoms. The number of ether oxygens (including phenoxy) is 1. The SMILES string of the molecule is COc1ccc(Br)cc1CC(NN)c1c(Cl)cccc1Cl. The van der Waals surface area contributed by atoms with Crippen LogP contribution in [0.4, 0.5) is 0 Å². The molecule has 2 aromatic carbocycles.